The number of fused-ring (bicyclic) bond motifs is 1. The highest BCUT2D eigenvalue weighted by Gasteiger charge is 2.18. The van der Waals surface area contributed by atoms with Gasteiger partial charge in [0.15, 0.2) is 11.0 Å². The molecule has 0 aliphatic rings. The highest BCUT2D eigenvalue weighted by molar-refractivity contribution is 7.99. The summed E-state index contributed by atoms with van der Waals surface area (Å²) in [4.78, 5) is 12.5. The number of carbonyl (C=O) groups excluding carboxylic acids is 1. The predicted molar refractivity (Wildman–Crippen MR) is 128 cm³/mol. The second-order valence-corrected chi connectivity index (χ2v) is 8.42. The molecule has 2 aromatic heterocycles. The van der Waals surface area contributed by atoms with Crippen molar-refractivity contribution in [3.8, 4) is 11.4 Å². The van der Waals surface area contributed by atoms with Gasteiger partial charge in [-0.3, -0.25) is 4.79 Å². The van der Waals surface area contributed by atoms with Gasteiger partial charge in [0.25, 0.3) is 0 Å². The summed E-state index contributed by atoms with van der Waals surface area (Å²) < 4.78 is 4.31. The molecule has 7 heteroatoms. The zero-order chi connectivity index (χ0) is 22.0. The summed E-state index contributed by atoms with van der Waals surface area (Å²) in [5.74, 6) is 1.07. The van der Waals surface area contributed by atoms with Crippen LogP contribution in [0.3, 0.4) is 0 Å². The van der Waals surface area contributed by atoms with Crippen molar-refractivity contribution < 1.29 is 4.79 Å². The molecule has 0 saturated heterocycles. The molecule has 31 heavy (non-hydrogen) atoms. The van der Waals surface area contributed by atoms with Gasteiger partial charge < -0.3 is 14.5 Å². The molecule has 1 N–H and O–H groups in total. The van der Waals surface area contributed by atoms with Crippen LogP contribution < -0.4 is 5.32 Å². The van der Waals surface area contributed by atoms with Crippen LogP contribution in [-0.4, -0.2) is 31.0 Å². The average molecular weight is 434 g/mol. The van der Waals surface area contributed by atoms with Crippen molar-refractivity contribution in [3.05, 3.63) is 59.8 Å². The van der Waals surface area contributed by atoms with Crippen molar-refractivity contribution in [2.75, 3.05) is 11.1 Å². The van der Waals surface area contributed by atoms with E-state index in [9.17, 15) is 4.79 Å². The van der Waals surface area contributed by atoms with E-state index in [1.807, 2.05) is 38.1 Å². The van der Waals surface area contributed by atoms with Gasteiger partial charge in [-0.15, -0.1) is 10.2 Å². The minimum atomic E-state index is -0.0477. The van der Waals surface area contributed by atoms with E-state index in [0.29, 0.717) is 0 Å². The highest BCUT2D eigenvalue weighted by atomic mass is 32.2. The molecule has 2 aromatic carbocycles. The number of carbonyl (C=O) groups is 1. The Morgan fingerprint density at radius 2 is 1.84 bits per heavy atom. The fourth-order valence-electron chi connectivity index (χ4n) is 3.77. The number of nitrogens with one attached hydrogen (secondary N) is 1. The Morgan fingerprint density at radius 3 is 2.61 bits per heavy atom. The summed E-state index contributed by atoms with van der Waals surface area (Å²) >= 11 is 1.41. The van der Waals surface area contributed by atoms with Crippen LogP contribution in [0.1, 0.15) is 25.0 Å². The van der Waals surface area contributed by atoms with E-state index in [0.717, 1.165) is 51.8 Å². The maximum absolute atomic E-state index is 12.5. The molecular weight excluding hydrogens is 406 g/mol. The number of hydrogen-bond acceptors (Lipinski definition) is 4. The number of aromatic nitrogens is 4. The van der Waals surface area contributed by atoms with E-state index in [1.54, 1.807) is 0 Å². The molecule has 0 unspecified atom stereocenters. The molecule has 6 nitrogen and oxygen atoms in total. The van der Waals surface area contributed by atoms with Crippen LogP contribution in [0.25, 0.3) is 22.3 Å². The quantitative estimate of drug-likeness (QED) is 0.402. The Kier molecular flexibility index (Phi) is 6.13. The lowest BCUT2D eigenvalue weighted by Gasteiger charge is -2.10. The van der Waals surface area contributed by atoms with E-state index in [2.05, 4.69) is 62.9 Å². The van der Waals surface area contributed by atoms with Gasteiger partial charge >= 0.3 is 0 Å². The van der Waals surface area contributed by atoms with E-state index in [1.165, 1.54) is 17.3 Å². The molecule has 160 valence electrons. The number of thioether (sulfide) groups is 1. The molecule has 0 bridgehead atoms. The molecule has 4 aromatic rings. The van der Waals surface area contributed by atoms with Crippen LogP contribution >= 0.6 is 11.8 Å². The lowest BCUT2D eigenvalue weighted by Crippen LogP contribution is -2.15. The number of amides is 1. The SMILES string of the molecule is CCn1c(SCC(=O)Nc2cccc(C)c2C)nnc1-c1cn(CC)c2ccccc12. The first-order valence-corrected chi connectivity index (χ1v) is 11.5. The zero-order valence-electron chi connectivity index (χ0n) is 18.3. The van der Waals surface area contributed by atoms with Gasteiger partial charge in [-0.25, -0.2) is 0 Å². The molecule has 4 rings (SSSR count). The molecule has 1 amide bonds. The van der Waals surface area contributed by atoms with Crippen LogP contribution in [0.4, 0.5) is 5.69 Å². The van der Waals surface area contributed by atoms with Crippen molar-refractivity contribution in [2.24, 2.45) is 0 Å². The first-order valence-electron chi connectivity index (χ1n) is 10.5. The zero-order valence-corrected chi connectivity index (χ0v) is 19.2. The number of hydrogen-bond donors (Lipinski definition) is 1. The lowest BCUT2D eigenvalue weighted by atomic mass is 10.1. The fourth-order valence-corrected chi connectivity index (χ4v) is 4.57. The normalized spacial score (nSPS) is 11.2. The van der Waals surface area contributed by atoms with Crippen LogP contribution in [-0.2, 0) is 17.9 Å². The third kappa shape index (κ3) is 4.10. The fraction of sp³-hybridized carbons (Fsp3) is 0.292. The number of rotatable bonds is 7. The van der Waals surface area contributed by atoms with Crippen molar-refractivity contribution in [3.63, 3.8) is 0 Å². The number of anilines is 1. The Morgan fingerprint density at radius 1 is 1.03 bits per heavy atom. The van der Waals surface area contributed by atoms with Gasteiger partial charge in [-0.2, -0.15) is 0 Å². The summed E-state index contributed by atoms with van der Waals surface area (Å²) in [5.41, 5.74) is 5.36. The van der Waals surface area contributed by atoms with Gasteiger partial charge in [0, 0.05) is 41.4 Å². The average Bonchev–Trinajstić information content (AvgIpc) is 3.36. The molecule has 0 aliphatic carbocycles. The largest absolute Gasteiger partial charge is 0.347 e. The summed E-state index contributed by atoms with van der Waals surface area (Å²) in [5, 5.41) is 13.8. The molecule has 2 heterocycles. The van der Waals surface area contributed by atoms with Crippen LogP contribution in [0.15, 0.2) is 53.8 Å². The lowest BCUT2D eigenvalue weighted by molar-refractivity contribution is -0.113. The van der Waals surface area contributed by atoms with Crippen molar-refractivity contribution >= 4 is 34.3 Å². The molecule has 0 atom stereocenters. The first kappa shape index (κ1) is 21.2. The van der Waals surface area contributed by atoms with E-state index in [4.69, 9.17) is 0 Å². The molecule has 0 fully saturated rings. The maximum atomic E-state index is 12.5. The molecule has 0 saturated carbocycles. The monoisotopic (exact) mass is 433 g/mol. The predicted octanol–water partition coefficient (Wildman–Crippen LogP) is 5.29. The van der Waals surface area contributed by atoms with Crippen molar-refractivity contribution in [1.29, 1.82) is 0 Å². The van der Waals surface area contributed by atoms with Gasteiger partial charge in [0.05, 0.1) is 5.75 Å². The van der Waals surface area contributed by atoms with Crippen LogP contribution in [0.5, 0.6) is 0 Å². The van der Waals surface area contributed by atoms with E-state index in [-0.39, 0.29) is 11.7 Å². The van der Waals surface area contributed by atoms with Gasteiger partial charge in [-0.1, -0.05) is 42.1 Å². The third-order valence-corrected chi connectivity index (χ3v) is 6.58. The molecule has 0 radical (unpaired) electrons. The number of para-hydroxylation sites is 1. The topological polar surface area (TPSA) is 64.7 Å². The summed E-state index contributed by atoms with van der Waals surface area (Å²) in [7, 11) is 0. The number of aryl methyl sites for hydroxylation is 2. The summed E-state index contributed by atoms with van der Waals surface area (Å²) in [6.45, 7) is 9.89. The van der Waals surface area contributed by atoms with Gasteiger partial charge in [0.2, 0.25) is 5.91 Å². The molecular formula is C24H27N5OS. The van der Waals surface area contributed by atoms with E-state index < -0.39 is 0 Å². The van der Waals surface area contributed by atoms with Gasteiger partial charge in [0.1, 0.15) is 0 Å². The van der Waals surface area contributed by atoms with Crippen molar-refractivity contribution in [2.45, 2.75) is 45.9 Å². The maximum Gasteiger partial charge on any atom is 0.234 e. The first-order chi connectivity index (χ1) is 15.0. The minimum absolute atomic E-state index is 0.0477. The Hall–Kier alpha value is -3.06. The standard InChI is InChI=1S/C24H27N5OS/c1-5-28-14-19(18-11-7-8-13-21(18)28)23-26-27-24(29(23)6-2)31-15-22(30)25-20-12-9-10-16(3)17(20)4/h7-14H,5-6,15H2,1-4H3,(H,25,30). The van der Waals surface area contributed by atoms with Crippen molar-refractivity contribution in [1.82, 2.24) is 19.3 Å². The number of benzene rings is 2. The Labute approximate surface area is 186 Å². The Balaban J connectivity index is 1.55. The van der Waals surface area contributed by atoms with Crippen LogP contribution in [0.2, 0.25) is 0 Å². The third-order valence-electron chi connectivity index (χ3n) is 5.61. The number of nitrogens with zero attached hydrogens (tertiary/aromatic N) is 4. The smallest absolute Gasteiger partial charge is 0.234 e. The second-order valence-electron chi connectivity index (χ2n) is 7.48. The van der Waals surface area contributed by atoms with Crippen LogP contribution in [0, 0.1) is 13.8 Å². The second kappa shape index (κ2) is 8.98. The highest BCUT2D eigenvalue weighted by Crippen LogP contribution is 2.31. The summed E-state index contributed by atoms with van der Waals surface area (Å²) in [6.07, 6.45) is 2.14. The van der Waals surface area contributed by atoms with E-state index >= 15 is 0 Å². The summed E-state index contributed by atoms with van der Waals surface area (Å²) in [6, 6.07) is 14.3. The minimum Gasteiger partial charge on any atom is -0.347 e. The molecule has 0 spiro atoms. The molecule has 0 aliphatic heterocycles. The Bertz CT molecular complexity index is 1240. The van der Waals surface area contributed by atoms with Gasteiger partial charge in [-0.05, 0) is 51.0 Å².